The molecule has 2 rings (SSSR count). The molecule has 1 atom stereocenters. The number of halogens is 1. The molecule has 1 saturated heterocycles. The van der Waals surface area contributed by atoms with E-state index in [0.717, 1.165) is 45.8 Å². The van der Waals surface area contributed by atoms with Crippen LogP contribution >= 0.6 is 0 Å². The van der Waals surface area contributed by atoms with Crippen molar-refractivity contribution in [3.8, 4) is 6.07 Å². The van der Waals surface area contributed by atoms with Crippen molar-refractivity contribution in [3.63, 3.8) is 0 Å². The largest absolute Gasteiger partial charge is 0.384 e. The normalized spacial score (nSPS) is 17.9. The summed E-state index contributed by atoms with van der Waals surface area (Å²) in [6.45, 7) is 11.9. The predicted molar refractivity (Wildman–Crippen MR) is 87.3 cm³/mol. The fourth-order valence-corrected chi connectivity index (χ4v) is 2.84. The molecule has 5 heteroatoms. The highest BCUT2D eigenvalue weighted by molar-refractivity contribution is 5.57. The van der Waals surface area contributed by atoms with Gasteiger partial charge in [-0.15, -0.1) is 0 Å². The minimum absolute atomic E-state index is 0.365. The Hall–Kier alpha value is -1.64. The summed E-state index contributed by atoms with van der Waals surface area (Å²) in [7, 11) is 0. The average Bonchev–Trinajstić information content (AvgIpc) is 2.54. The fraction of sp³-hybridized carbons (Fsp3) is 0.588. The zero-order valence-corrected chi connectivity index (χ0v) is 13.5. The van der Waals surface area contributed by atoms with Crippen LogP contribution in [0.25, 0.3) is 0 Å². The van der Waals surface area contributed by atoms with Crippen LogP contribution in [-0.4, -0.2) is 55.6 Å². The fourth-order valence-electron chi connectivity index (χ4n) is 2.84. The molecule has 0 unspecified atom stereocenters. The topological polar surface area (TPSA) is 42.3 Å². The van der Waals surface area contributed by atoms with Gasteiger partial charge in [0, 0.05) is 39.3 Å². The molecule has 0 spiro atoms. The van der Waals surface area contributed by atoms with Crippen molar-refractivity contribution in [2.75, 3.05) is 51.1 Å². The third-order valence-electron chi connectivity index (χ3n) is 4.23. The summed E-state index contributed by atoms with van der Waals surface area (Å²) in [5.41, 5.74) is 1.08. The number of benzene rings is 1. The molecule has 1 aliphatic rings. The number of nitrogens with zero attached hydrogens (tertiary/aromatic N) is 3. The van der Waals surface area contributed by atoms with Crippen LogP contribution in [0.3, 0.4) is 0 Å². The number of nitriles is 1. The Morgan fingerprint density at radius 2 is 1.95 bits per heavy atom. The Morgan fingerprint density at radius 1 is 1.27 bits per heavy atom. The number of likely N-dealkylation sites (N-methyl/N-ethyl adjacent to an activating group) is 1. The zero-order chi connectivity index (χ0) is 15.9. The second kappa shape index (κ2) is 8.11. The summed E-state index contributed by atoms with van der Waals surface area (Å²) in [6.07, 6.45) is 0. The first-order valence-corrected chi connectivity index (χ1v) is 8.00. The van der Waals surface area contributed by atoms with Crippen LogP contribution in [0.5, 0.6) is 0 Å². The number of hydrogen-bond donors (Lipinski definition) is 1. The first kappa shape index (κ1) is 16.7. The van der Waals surface area contributed by atoms with Crippen molar-refractivity contribution in [2.24, 2.45) is 5.92 Å². The van der Waals surface area contributed by atoms with E-state index in [-0.39, 0.29) is 5.82 Å². The van der Waals surface area contributed by atoms with Gasteiger partial charge in [-0.05, 0) is 30.7 Å². The third-order valence-corrected chi connectivity index (χ3v) is 4.23. The molecule has 1 N–H and O–H groups in total. The quantitative estimate of drug-likeness (QED) is 0.876. The molecular formula is C17H25FN4. The van der Waals surface area contributed by atoms with Crippen molar-refractivity contribution < 1.29 is 4.39 Å². The van der Waals surface area contributed by atoms with E-state index in [4.69, 9.17) is 5.26 Å². The lowest BCUT2D eigenvalue weighted by Crippen LogP contribution is -2.47. The maximum atomic E-state index is 13.1. The Morgan fingerprint density at radius 3 is 2.59 bits per heavy atom. The molecule has 4 nitrogen and oxygen atoms in total. The highest BCUT2D eigenvalue weighted by Crippen LogP contribution is 2.16. The second-order valence-corrected chi connectivity index (χ2v) is 6.02. The van der Waals surface area contributed by atoms with Gasteiger partial charge in [0.25, 0.3) is 0 Å². The van der Waals surface area contributed by atoms with Gasteiger partial charge in [0.1, 0.15) is 11.9 Å². The molecular weight excluding hydrogens is 279 g/mol. The summed E-state index contributed by atoms with van der Waals surface area (Å²) in [5.74, 6) is 0.105. The molecule has 0 aromatic heterocycles. The Balaban J connectivity index is 1.79. The van der Waals surface area contributed by atoms with Gasteiger partial charge >= 0.3 is 0 Å². The van der Waals surface area contributed by atoms with Gasteiger partial charge in [0.2, 0.25) is 0 Å². The van der Waals surface area contributed by atoms with Crippen LogP contribution in [0, 0.1) is 23.1 Å². The monoisotopic (exact) mass is 304 g/mol. The summed E-state index contributed by atoms with van der Waals surface area (Å²) >= 11 is 0. The number of piperazine rings is 1. The number of anilines is 1. The Labute approximate surface area is 132 Å². The molecule has 1 aliphatic heterocycles. The molecule has 0 radical (unpaired) electrons. The molecule has 120 valence electrons. The van der Waals surface area contributed by atoms with Crippen molar-refractivity contribution in [3.05, 3.63) is 29.6 Å². The van der Waals surface area contributed by atoms with Gasteiger partial charge < -0.3 is 15.1 Å². The summed E-state index contributed by atoms with van der Waals surface area (Å²) in [6, 6.07) is 6.34. The summed E-state index contributed by atoms with van der Waals surface area (Å²) in [5, 5.41) is 12.3. The van der Waals surface area contributed by atoms with Crippen LogP contribution in [0.4, 0.5) is 10.1 Å². The first-order chi connectivity index (χ1) is 10.6. The molecule has 0 amide bonds. The predicted octanol–water partition coefficient (Wildman–Crippen LogP) is 2.38. The maximum Gasteiger partial charge on any atom is 0.124 e. The molecule has 1 aromatic carbocycles. The van der Waals surface area contributed by atoms with Gasteiger partial charge in [-0.2, -0.15) is 5.26 Å². The SMILES string of the molecule is CCN1CCN(C[C@H](C)CNc2ccc(F)cc2C#N)CC1. The number of rotatable bonds is 6. The minimum atomic E-state index is -0.371. The Bertz CT molecular complexity index is 518. The number of nitrogens with one attached hydrogen (secondary N) is 1. The van der Waals surface area contributed by atoms with Crippen LogP contribution in [0.1, 0.15) is 19.4 Å². The van der Waals surface area contributed by atoms with Crippen LogP contribution in [-0.2, 0) is 0 Å². The molecule has 0 saturated carbocycles. The van der Waals surface area contributed by atoms with Crippen molar-refractivity contribution in [1.29, 1.82) is 5.26 Å². The molecule has 1 aromatic rings. The molecule has 0 bridgehead atoms. The van der Waals surface area contributed by atoms with E-state index < -0.39 is 0 Å². The van der Waals surface area contributed by atoms with E-state index in [0.29, 0.717) is 17.2 Å². The number of hydrogen-bond acceptors (Lipinski definition) is 4. The smallest absolute Gasteiger partial charge is 0.124 e. The highest BCUT2D eigenvalue weighted by atomic mass is 19.1. The second-order valence-electron chi connectivity index (χ2n) is 6.02. The first-order valence-electron chi connectivity index (χ1n) is 8.00. The van der Waals surface area contributed by atoms with Crippen molar-refractivity contribution in [1.82, 2.24) is 9.80 Å². The summed E-state index contributed by atoms with van der Waals surface area (Å²) < 4.78 is 13.1. The van der Waals surface area contributed by atoms with Gasteiger partial charge in [-0.3, -0.25) is 0 Å². The van der Waals surface area contributed by atoms with E-state index >= 15 is 0 Å². The van der Waals surface area contributed by atoms with Crippen LogP contribution < -0.4 is 5.32 Å². The highest BCUT2D eigenvalue weighted by Gasteiger charge is 2.17. The molecule has 22 heavy (non-hydrogen) atoms. The maximum absolute atomic E-state index is 13.1. The average molecular weight is 304 g/mol. The lowest BCUT2D eigenvalue weighted by molar-refractivity contribution is 0.126. The third kappa shape index (κ3) is 4.69. The summed E-state index contributed by atoms with van der Waals surface area (Å²) in [4.78, 5) is 4.96. The van der Waals surface area contributed by atoms with Gasteiger partial charge in [0.15, 0.2) is 0 Å². The van der Waals surface area contributed by atoms with Gasteiger partial charge in [0.05, 0.1) is 11.3 Å². The van der Waals surface area contributed by atoms with E-state index in [2.05, 4.69) is 29.0 Å². The zero-order valence-electron chi connectivity index (χ0n) is 13.5. The van der Waals surface area contributed by atoms with E-state index in [1.54, 1.807) is 6.07 Å². The standard InChI is InChI=1S/C17H25FN4/c1-3-21-6-8-22(9-7-21)13-14(2)12-20-17-5-4-16(18)10-15(17)11-19/h4-5,10,14,20H,3,6-9,12-13H2,1-2H3/t14-/m1/s1. The van der Waals surface area contributed by atoms with Crippen LogP contribution in [0.2, 0.25) is 0 Å². The van der Waals surface area contributed by atoms with Crippen molar-refractivity contribution in [2.45, 2.75) is 13.8 Å². The van der Waals surface area contributed by atoms with Gasteiger partial charge in [-0.1, -0.05) is 13.8 Å². The lowest BCUT2D eigenvalue weighted by Gasteiger charge is -2.35. The molecule has 0 aliphatic carbocycles. The van der Waals surface area contributed by atoms with Crippen molar-refractivity contribution >= 4 is 5.69 Å². The molecule has 1 heterocycles. The molecule has 1 fully saturated rings. The van der Waals surface area contributed by atoms with E-state index in [9.17, 15) is 4.39 Å². The lowest BCUT2D eigenvalue weighted by atomic mass is 10.1. The van der Waals surface area contributed by atoms with E-state index in [1.165, 1.54) is 12.1 Å². The minimum Gasteiger partial charge on any atom is -0.384 e. The van der Waals surface area contributed by atoms with Gasteiger partial charge in [-0.25, -0.2) is 4.39 Å². The van der Waals surface area contributed by atoms with Crippen LogP contribution in [0.15, 0.2) is 18.2 Å². The van der Waals surface area contributed by atoms with E-state index in [1.807, 2.05) is 6.07 Å². The Kier molecular flexibility index (Phi) is 6.17.